The van der Waals surface area contributed by atoms with Gasteiger partial charge in [0.15, 0.2) is 0 Å². The van der Waals surface area contributed by atoms with Gasteiger partial charge in [-0.3, -0.25) is 9.36 Å². The molecule has 148 valence electrons. The van der Waals surface area contributed by atoms with Crippen LogP contribution in [0.1, 0.15) is 54.6 Å². The lowest BCUT2D eigenvalue weighted by Crippen LogP contribution is -2.16. The summed E-state index contributed by atoms with van der Waals surface area (Å²) in [6, 6.07) is 0.252. The monoisotopic (exact) mass is 390 g/mol. The molecule has 0 aliphatic carbocycles. The molecule has 0 N–H and O–H groups in total. The lowest BCUT2D eigenvalue weighted by Gasteiger charge is -2.17. The molecule has 0 aromatic carbocycles. The average molecular weight is 391 g/mol. The van der Waals surface area contributed by atoms with Gasteiger partial charge in [-0.2, -0.15) is 10.2 Å². The van der Waals surface area contributed by atoms with Crippen LogP contribution in [0.5, 0.6) is 0 Å². The predicted molar refractivity (Wildman–Crippen MR) is 112 cm³/mol. The zero-order valence-corrected chi connectivity index (χ0v) is 18.3. The molecule has 7 heteroatoms. The molecule has 27 heavy (non-hydrogen) atoms. The Kier molecular flexibility index (Phi) is 6.52. The Morgan fingerprint density at radius 1 is 1.00 bits per heavy atom. The second kappa shape index (κ2) is 8.30. The summed E-state index contributed by atoms with van der Waals surface area (Å²) < 4.78 is 6.47. The standard InChI is InChI=1S/C20H30N6.ClH/c1-8-9-25-18(7)20(16(5)22-25)19-10-21-12-24(19)11-13(2)26-17(6)14(3)15(4)23-26;/h10,12-13H,8-9,11H2,1-7H3;1H. The molecule has 6 nitrogen and oxygen atoms in total. The van der Waals surface area contributed by atoms with Gasteiger partial charge in [-0.15, -0.1) is 12.4 Å². The number of hydrogen-bond acceptors (Lipinski definition) is 3. The van der Waals surface area contributed by atoms with Gasteiger partial charge in [-0.1, -0.05) is 6.92 Å². The number of aromatic nitrogens is 6. The van der Waals surface area contributed by atoms with E-state index >= 15 is 0 Å². The lowest BCUT2D eigenvalue weighted by atomic mass is 10.1. The molecule has 3 rings (SSSR count). The van der Waals surface area contributed by atoms with E-state index in [0.29, 0.717) is 0 Å². The van der Waals surface area contributed by atoms with Gasteiger partial charge in [-0.25, -0.2) is 4.98 Å². The number of halogens is 1. The molecule has 1 atom stereocenters. The number of imidazole rings is 1. The van der Waals surface area contributed by atoms with Gasteiger partial charge in [0, 0.05) is 30.0 Å². The summed E-state index contributed by atoms with van der Waals surface area (Å²) in [7, 11) is 0. The third-order valence-corrected chi connectivity index (χ3v) is 5.35. The van der Waals surface area contributed by atoms with E-state index in [1.807, 2.05) is 12.5 Å². The summed E-state index contributed by atoms with van der Waals surface area (Å²) in [6.45, 7) is 16.7. The largest absolute Gasteiger partial charge is 0.328 e. The van der Waals surface area contributed by atoms with Crippen LogP contribution in [0.15, 0.2) is 12.5 Å². The van der Waals surface area contributed by atoms with E-state index in [2.05, 4.69) is 67.4 Å². The molecule has 0 amide bonds. The van der Waals surface area contributed by atoms with Gasteiger partial charge in [0.25, 0.3) is 0 Å². The molecule has 0 saturated heterocycles. The van der Waals surface area contributed by atoms with Gasteiger partial charge < -0.3 is 4.57 Å². The van der Waals surface area contributed by atoms with E-state index in [-0.39, 0.29) is 18.4 Å². The fourth-order valence-electron chi connectivity index (χ4n) is 3.71. The summed E-state index contributed by atoms with van der Waals surface area (Å²) in [5.74, 6) is 0. The maximum absolute atomic E-state index is 4.72. The minimum atomic E-state index is 0. The first kappa shape index (κ1) is 21.2. The average Bonchev–Trinajstić information content (AvgIpc) is 3.22. The Bertz CT molecular complexity index is 917. The topological polar surface area (TPSA) is 53.5 Å². The summed E-state index contributed by atoms with van der Waals surface area (Å²) in [5.41, 5.74) is 8.22. The van der Waals surface area contributed by atoms with Crippen molar-refractivity contribution in [2.45, 2.75) is 74.0 Å². The third-order valence-electron chi connectivity index (χ3n) is 5.35. The van der Waals surface area contributed by atoms with Crippen LogP contribution in [0.3, 0.4) is 0 Å². The molecule has 0 spiro atoms. The first-order valence-corrected chi connectivity index (χ1v) is 9.41. The number of nitrogens with zero attached hydrogens (tertiary/aromatic N) is 6. The highest BCUT2D eigenvalue weighted by Crippen LogP contribution is 2.28. The van der Waals surface area contributed by atoms with Crippen molar-refractivity contribution in [1.29, 1.82) is 0 Å². The van der Waals surface area contributed by atoms with Crippen LogP contribution in [0, 0.1) is 34.6 Å². The molecule has 3 aromatic rings. The van der Waals surface area contributed by atoms with Crippen molar-refractivity contribution in [3.05, 3.63) is 40.9 Å². The van der Waals surface area contributed by atoms with Crippen molar-refractivity contribution < 1.29 is 0 Å². The van der Waals surface area contributed by atoms with Crippen LogP contribution < -0.4 is 0 Å². The van der Waals surface area contributed by atoms with Crippen molar-refractivity contribution in [2.75, 3.05) is 0 Å². The number of hydrogen-bond donors (Lipinski definition) is 0. The van der Waals surface area contributed by atoms with Gasteiger partial charge in [0.1, 0.15) is 0 Å². The molecule has 0 saturated carbocycles. The van der Waals surface area contributed by atoms with E-state index < -0.39 is 0 Å². The molecule has 1 unspecified atom stereocenters. The van der Waals surface area contributed by atoms with Gasteiger partial charge >= 0.3 is 0 Å². The van der Waals surface area contributed by atoms with Crippen LogP contribution in [-0.2, 0) is 13.1 Å². The fourth-order valence-corrected chi connectivity index (χ4v) is 3.71. The second-order valence-electron chi connectivity index (χ2n) is 7.29. The normalized spacial score (nSPS) is 12.3. The Morgan fingerprint density at radius 3 is 2.30 bits per heavy atom. The van der Waals surface area contributed by atoms with Crippen molar-refractivity contribution >= 4 is 12.4 Å². The quantitative estimate of drug-likeness (QED) is 0.619. The zero-order chi connectivity index (χ0) is 19.0. The Labute approximate surface area is 168 Å². The molecule has 0 aliphatic heterocycles. The van der Waals surface area contributed by atoms with E-state index in [4.69, 9.17) is 10.2 Å². The van der Waals surface area contributed by atoms with E-state index in [0.717, 1.165) is 36.6 Å². The second-order valence-corrected chi connectivity index (χ2v) is 7.29. The molecule has 0 aliphatic rings. The number of aryl methyl sites for hydroxylation is 3. The highest BCUT2D eigenvalue weighted by molar-refractivity contribution is 5.85. The van der Waals surface area contributed by atoms with Gasteiger partial charge in [-0.05, 0) is 53.5 Å². The summed E-state index contributed by atoms with van der Waals surface area (Å²) in [4.78, 5) is 4.42. The highest BCUT2D eigenvalue weighted by Gasteiger charge is 2.19. The molecule has 0 radical (unpaired) electrons. The van der Waals surface area contributed by atoms with Crippen molar-refractivity contribution in [3.8, 4) is 11.3 Å². The number of rotatable bonds is 6. The summed E-state index contributed by atoms with van der Waals surface area (Å²) >= 11 is 0. The molecular weight excluding hydrogens is 360 g/mol. The van der Waals surface area contributed by atoms with Crippen LogP contribution in [0.4, 0.5) is 0 Å². The molecule has 0 fully saturated rings. The Morgan fingerprint density at radius 2 is 1.70 bits per heavy atom. The maximum atomic E-state index is 4.72. The molecule has 3 aromatic heterocycles. The summed E-state index contributed by atoms with van der Waals surface area (Å²) in [6.07, 6.45) is 4.95. The highest BCUT2D eigenvalue weighted by atomic mass is 35.5. The minimum absolute atomic E-state index is 0. The van der Waals surface area contributed by atoms with Crippen molar-refractivity contribution in [2.24, 2.45) is 0 Å². The van der Waals surface area contributed by atoms with Gasteiger partial charge in [0.2, 0.25) is 0 Å². The van der Waals surface area contributed by atoms with Crippen LogP contribution in [0.25, 0.3) is 11.3 Å². The smallest absolute Gasteiger partial charge is 0.0951 e. The maximum Gasteiger partial charge on any atom is 0.0951 e. The molecule has 3 heterocycles. The lowest BCUT2D eigenvalue weighted by molar-refractivity contribution is 0.418. The summed E-state index contributed by atoms with van der Waals surface area (Å²) in [5, 5.41) is 9.44. The van der Waals surface area contributed by atoms with E-state index in [1.165, 1.54) is 22.5 Å². The zero-order valence-electron chi connectivity index (χ0n) is 17.4. The van der Waals surface area contributed by atoms with Crippen LogP contribution in [0.2, 0.25) is 0 Å². The Hall–Kier alpha value is -2.08. The van der Waals surface area contributed by atoms with Crippen LogP contribution >= 0.6 is 12.4 Å². The molecular formula is C20H31ClN6. The SMILES string of the molecule is CCCn1nc(C)c(-c2cncn2CC(C)n2nc(C)c(C)c2C)c1C.Cl. The van der Waals surface area contributed by atoms with Crippen molar-refractivity contribution in [3.63, 3.8) is 0 Å². The third kappa shape index (κ3) is 3.81. The first-order chi connectivity index (χ1) is 12.3. The van der Waals surface area contributed by atoms with E-state index in [1.54, 1.807) is 0 Å². The van der Waals surface area contributed by atoms with Crippen molar-refractivity contribution in [1.82, 2.24) is 29.1 Å². The fraction of sp³-hybridized carbons (Fsp3) is 0.550. The molecule has 0 bridgehead atoms. The first-order valence-electron chi connectivity index (χ1n) is 9.41. The van der Waals surface area contributed by atoms with Gasteiger partial charge in [0.05, 0.1) is 35.6 Å². The van der Waals surface area contributed by atoms with Crippen LogP contribution in [-0.4, -0.2) is 29.1 Å². The Balaban J connectivity index is 0.00000261. The minimum Gasteiger partial charge on any atom is -0.328 e. The predicted octanol–water partition coefficient (Wildman–Crippen LogP) is 4.58. The van der Waals surface area contributed by atoms with E-state index in [9.17, 15) is 0 Å².